The molecule has 0 amide bonds. The van der Waals surface area contributed by atoms with E-state index in [2.05, 4.69) is 50.8 Å². The van der Waals surface area contributed by atoms with Crippen molar-refractivity contribution in [3.05, 3.63) is 29.3 Å². The molecule has 1 fully saturated rings. The molecule has 0 aliphatic carbocycles. The van der Waals surface area contributed by atoms with Crippen LogP contribution in [0.25, 0.3) is 0 Å². The summed E-state index contributed by atoms with van der Waals surface area (Å²) in [6.45, 7) is 11.4. The molecule has 0 atom stereocenters. The van der Waals surface area contributed by atoms with E-state index in [0.717, 1.165) is 13.1 Å². The Morgan fingerprint density at radius 1 is 0.917 bits per heavy atom. The van der Waals surface area contributed by atoms with Crippen molar-refractivity contribution in [2.75, 3.05) is 45.2 Å². The molecule has 0 spiro atoms. The summed E-state index contributed by atoms with van der Waals surface area (Å²) in [5, 5.41) is 0. The van der Waals surface area contributed by atoms with Crippen molar-refractivity contribution in [2.45, 2.75) is 39.5 Å². The third kappa shape index (κ3) is 3.76. The van der Waals surface area contributed by atoms with E-state index in [4.69, 9.17) is 0 Å². The lowest BCUT2D eigenvalue weighted by Crippen LogP contribution is -2.52. The minimum absolute atomic E-state index is 0.447. The van der Waals surface area contributed by atoms with Crippen LogP contribution in [-0.4, -0.2) is 57.3 Å². The molecule has 1 aliphatic heterocycles. The topological polar surface area (TPSA) is 43.9 Å². The van der Waals surface area contributed by atoms with Gasteiger partial charge in [0.2, 0.25) is 0 Å². The van der Waals surface area contributed by atoms with Crippen LogP contribution in [0.4, 0.5) is 5.69 Å². The Hall–Kier alpha value is -1.11. The van der Waals surface area contributed by atoms with Gasteiger partial charge in [-0.3, -0.25) is 0 Å². The molecular weight excluding hydrogens is 322 g/mol. The highest BCUT2D eigenvalue weighted by Gasteiger charge is 2.30. The van der Waals surface area contributed by atoms with Gasteiger partial charge in [-0.05, 0) is 23.0 Å². The van der Waals surface area contributed by atoms with Gasteiger partial charge in [-0.1, -0.05) is 45.9 Å². The van der Waals surface area contributed by atoms with Crippen molar-refractivity contribution >= 4 is 15.9 Å². The summed E-state index contributed by atoms with van der Waals surface area (Å²) in [5.41, 5.74) is 4.01. The molecule has 0 saturated carbocycles. The van der Waals surface area contributed by atoms with Crippen LogP contribution in [0.2, 0.25) is 0 Å². The molecule has 136 valence electrons. The summed E-state index contributed by atoms with van der Waals surface area (Å²) in [4.78, 5) is 2.37. The van der Waals surface area contributed by atoms with Crippen LogP contribution in [-0.2, 0) is 10.2 Å². The standard InChI is InChI=1S/C18H31N3O2S/c1-14(2)16-8-7-9-17(15(3)4)18(16)20-10-12-21(13-11-20)24(22,23)19(5)6/h7-9,14-15H,10-13H2,1-6H3. The normalized spacial score (nSPS) is 17.3. The second-order valence-electron chi connectivity index (χ2n) is 7.27. The van der Waals surface area contributed by atoms with E-state index in [1.54, 1.807) is 18.4 Å². The number of nitrogens with zero attached hydrogens (tertiary/aromatic N) is 3. The fourth-order valence-corrected chi connectivity index (χ4v) is 4.34. The predicted octanol–water partition coefficient (Wildman–Crippen LogP) is 2.86. The van der Waals surface area contributed by atoms with Crippen LogP contribution in [0.5, 0.6) is 0 Å². The zero-order valence-electron chi connectivity index (χ0n) is 15.8. The van der Waals surface area contributed by atoms with Crippen LogP contribution < -0.4 is 4.90 Å². The molecule has 0 unspecified atom stereocenters. The van der Waals surface area contributed by atoms with E-state index in [0.29, 0.717) is 24.9 Å². The first-order chi connectivity index (χ1) is 11.2. The monoisotopic (exact) mass is 353 g/mol. The number of hydrogen-bond acceptors (Lipinski definition) is 3. The van der Waals surface area contributed by atoms with E-state index in [1.165, 1.54) is 21.1 Å². The molecule has 6 heteroatoms. The predicted molar refractivity (Wildman–Crippen MR) is 101 cm³/mol. The first kappa shape index (κ1) is 19.2. The van der Waals surface area contributed by atoms with E-state index in [9.17, 15) is 8.42 Å². The molecule has 0 bridgehead atoms. The van der Waals surface area contributed by atoms with Crippen molar-refractivity contribution in [3.63, 3.8) is 0 Å². The summed E-state index contributed by atoms with van der Waals surface area (Å²) in [6.07, 6.45) is 0. The first-order valence-corrected chi connectivity index (χ1v) is 10.1. The Bertz CT molecular complexity index is 635. The molecule has 1 aromatic carbocycles. The van der Waals surface area contributed by atoms with Gasteiger partial charge in [0.05, 0.1) is 0 Å². The Labute approximate surface area is 147 Å². The van der Waals surface area contributed by atoms with E-state index in [1.807, 2.05) is 0 Å². The van der Waals surface area contributed by atoms with Gasteiger partial charge in [0.15, 0.2) is 0 Å². The van der Waals surface area contributed by atoms with Gasteiger partial charge in [0.25, 0.3) is 10.2 Å². The molecule has 2 rings (SSSR count). The number of piperazine rings is 1. The van der Waals surface area contributed by atoms with E-state index >= 15 is 0 Å². The van der Waals surface area contributed by atoms with E-state index in [-0.39, 0.29) is 0 Å². The lowest BCUT2D eigenvalue weighted by atomic mass is 9.91. The highest BCUT2D eigenvalue weighted by Crippen LogP contribution is 2.35. The average Bonchev–Trinajstić information content (AvgIpc) is 2.53. The zero-order chi connectivity index (χ0) is 18.1. The quantitative estimate of drug-likeness (QED) is 0.817. The molecule has 1 heterocycles. The maximum atomic E-state index is 12.3. The highest BCUT2D eigenvalue weighted by atomic mass is 32.2. The lowest BCUT2D eigenvalue weighted by molar-refractivity contribution is 0.355. The minimum Gasteiger partial charge on any atom is -0.368 e. The van der Waals surface area contributed by atoms with Gasteiger partial charge in [-0.15, -0.1) is 0 Å². The number of anilines is 1. The second kappa shape index (κ2) is 7.42. The Balaban J connectivity index is 2.29. The van der Waals surface area contributed by atoms with Gasteiger partial charge in [-0.2, -0.15) is 17.0 Å². The van der Waals surface area contributed by atoms with Crippen LogP contribution in [0.1, 0.15) is 50.7 Å². The number of benzene rings is 1. The third-order valence-electron chi connectivity index (χ3n) is 4.69. The molecule has 1 aliphatic rings. The van der Waals surface area contributed by atoms with Gasteiger partial charge >= 0.3 is 0 Å². The molecule has 1 saturated heterocycles. The van der Waals surface area contributed by atoms with Crippen molar-refractivity contribution in [3.8, 4) is 0 Å². The van der Waals surface area contributed by atoms with Crippen LogP contribution in [0.15, 0.2) is 18.2 Å². The average molecular weight is 354 g/mol. The van der Waals surface area contributed by atoms with Crippen molar-refractivity contribution in [1.82, 2.24) is 8.61 Å². The van der Waals surface area contributed by atoms with Gasteiger partial charge in [0, 0.05) is 46.0 Å². The van der Waals surface area contributed by atoms with Crippen molar-refractivity contribution < 1.29 is 8.42 Å². The SMILES string of the molecule is CC(C)c1cccc(C(C)C)c1N1CCN(S(=O)(=O)N(C)C)CC1. The molecule has 1 aromatic rings. The third-order valence-corrected chi connectivity index (χ3v) is 6.63. The maximum absolute atomic E-state index is 12.3. The first-order valence-electron chi connectivity index (χ1n) is 8.71. The van der Waals surface area contributed by atoms with Crippen LogP contribution in [0.3, 0.4) is 0 Å². The number of rotatable bonds is 5. The van der Waals surface area contributed by atoms with Gasteiger partial charge in [-0.25, -0.2) is 0 Å². The summed E-state index contributed by atoms with van der Waals surface area (Å²) >= 11 is 0. The molecule has 5 nitrogen and oxygen atoms in total. The fraction of sp³-hybridized carbons (Fsp3) is 0.667. The molecule has 0 radical (unpaired) electrons. The van der Waals surface area contributed by atoms with Crippen molar-refractivity contribution in [2.24, 2.45) is 0 Å². The lowest BCUT2D eigenvalue weighted by Gasteiger charge is -2.39. The van der Waals surface area contributed by atoms with Crippen LogP contribution in [0, 0.1) is 0 Å². The highest BCUT2D eigenvalue weighted by molar-refractivity contribution is 7.86. The fourth-order valence-electron chi connectivity index (χ4n) is 3.25. The largest absolute Gasteiger partial charge is 0.368 e. The smallest absolute Gasteiger partial charge is 0.281 e. The second-order valence-corrected chi connectivity index (χ2v) is 9.41. The molecule has 24 heavy (non-hydrogen) atoms. The summed E-state index contributed by atoms with van der Waals surface area (Å²) in [7, 11) is -0.139. The Morgan fingerprint density at radius 3 is 1.75 bits per heavy atom. The summed E-state index contributed by atoms with van der Waals surface area (Å²) in [6, 6.07) is 6.55. The Kier molecular flexibility index (Phi) is 5.94. The molecule has 0 N–H and O–H groups in total. The van der Waals surface area contributed by atoms with Gasteiger partial charge < -0.3 is 4.90 Å². The summed E-state index contributed by atoms with van der Waals surface area (Å²) in [5.74, 6) is 0.893. The molecular formula is C18H31N3O2S. The number of para-hydroxylation sites is 1. The van der Waals surface area contributed by atoms with E-state index < -0.39 is 10.2 Å². The maximum Gasteiger partial charge on any atom is 0.281 e. The number of hydrogen-bond donors (Lipinski definition) is 0. The van der Waals surface area contributed by atoms with Crippen LogP contribution >= 0.6 is 0 Å². The zero-order valence-corrected chi connectivity index (χ0v) is 16.6. The Morgan fingerprint density at radius 2 is 1.38 bits per heavy atom. The summed E-state index contributed by atoms with van der Waals surface area (Å²) < 4.78 is 27.5. The van der Waals surface area contributed by atoms with Crippen molar-refractivity contribution in [1.29, 1.82) is 0 Å². The minimum atomic E-state index is -3.32. The van der Waals surface area contributed by atoms with Gasteiger partial charge in [0.1, 0.15) is 0 Å². The molecule has 0 aromatic heterocycles.